The summed E-state index contributed by atoms with van der Waals surface area (Å²) in [4.78, 5) is 19.4. The number of benzene rings is 1. The van der Waals surface area contributed by atoms with E-state index < -0.39 is 11.9 Å². The van der Waals surface area contributed by atoms with Crippen LogP contribution in [0.4, 0.5) is 0 Å². The van der Waals surface area contributed by atoms with Gasteiger partial charge in [-0.15, -0.1) is 0 Å². The molecule has 0 saturated carbocycles. The van der Waals surface area contributed by atoms with Crippen LogP contribution in [0.15, 0.2) is 36.9 Å². The predicted octanol–water partition coefficient (Wildman–Crippen LogP) is 1.88. The van der Waals surface area contributed by atoms with Crippen LogP contribution in [-0.4, -0.2) is 22.2 Å². The van der Waals surface area contributed by atoms with Crippen molar-refractivity contribution in [1.29, 1.82) is 0 Å². The smallest absolute Gasteiger partial charge is 0.335 e. The Hall–Kier alpha value is -2.10. The summed E-state index contributed by atoms with van der Waals surface area (Å²) in [5, 5.41) is 16.0. The maximum Gasteiger partial charge on any atom is 0.335 e. The summed E-state index contributed by atoms with van der Waals surface area (Å²) in [6, 6.07) is 8.83. The lowest BCUT2D eigenvalue weighted by Gasteiger charge is -1.97. The van der Waals surface area contributed by atoms with E-state index in [1.807, 2.05) is 6.07 Å². The molecule has 15 heavy (non-hydrogen) atoms. The largest absolute Gasteiger partial charge is 0.481 e. The Morgan fingerprint density at radius 1 is 1.13 bits per heavy atom. The highest BCUT2D eigenvalue weighted by molar-refractivity contribution is 6.14. The second kappa shape index (κ2) is 6.37. The van der Waals surface area contributed by atoms with Crippen LogP contribution in [0.3, 0.4) is 0 Å². The molecule has 0 aliphatic heterocycles. The molecular formula is C11H12O4. The van der Waals surface area contributed by atoms with Crippen LogP contribution in [0.5, 0.6) is 0 Å². The van der Waals surface area contributed by atoms with E-state index in [2.05, 4.69) is 6.58 Å². The minimum absolute atomic E-state index is 0.130. The van der Waals surface area contributed by atoms with Crippen molar-refractivity contribution in [2.24, 2.45) is 0 Å². The molecule has 1 aromatic rings. The third-order valence-electron chi connectivity index (χ3n) is 1.38. The van der Waals surface area contributed by atoms with Gasteiger partial charge in [-0.2, -0.15) is 0 Å². The van der Waals surface area contributed by atoms with Crippen molar-refractivity contribution in [2.45, 2.75) is 6.92 Å². The summed E-state index contributed by atoms with van der Waals surface area (Å²) in [7, 11) is 0. The second-order valence-electron chi connectivity index (χ2n) is 2.67. The van der Waals surface area contributed by atoms with E-state index in [4.69, 9.17) is 15.0 Å². The van der Waals surface area contributed by atoms with E-state index in [1.54, 1.807) is 24.3 Å². The molecule has 80 valence electrons. The third kappa shape index (κ3) is 6.04. The molecule has 0 aliphatic rings. The number of hydrogen-bond acceptors (Lipinski definition) is 2. The molecule has 0 aliphatic carbocycles. The number of aliphatic carboxylic acids is 2. The molecular weight excluding hydrogens is 196 g/mol. The first kappa shape index (κ1) is 12.9. The van der Waals surface area contributed by atoms with Crippen molar-refractivity contribution < 1.29 is 19.8 Å². The lowest BCUT2D eigenvalue weighted by Crippen LogP contribution is -1.96. The average Bonchev–Trinajstić information content (AvgIpc) is 2.17. The van der Waals surface area contributed by atoms with Gasteiger partial charge in [0.1, 0.15) is 0 Å². The molecule has 0 radical (unpaired) electrons. The van der Waals surface area contributed by atoms with Gasteiger partial charge in [0, 0.05) is 6.92 Å². The van der Waals surface area contributed by atoms with Crippen LogP contribution in [0, 0.1) is 0 Å². The van der Waals surface area contributed by atoms with Crippen LogP contribution in [0.25, 0.3) is 5.57 Å². The fraction of sp³-hybridized carbons (Fsp3) is 0.0909. The lowest BCUT2D eigenvalue weighted by atomic mass is 10.1. The standard InChI is InChI=1S/C9H8O2.C2H4O2/c1-7(9(10)11)8-5-3-2-4-6-8;1-2(3)4/h2-6H,1H2,(H,10,11);1H3,(H,3,4). The van der Waals surface area contributed by atoms with E-state index in [1.165, 1.54) is 0 Å². The molecule has 0 atom stereocenters. The van der Waals surface area contributed by atoms with E-state index in [0.717, 1.165) is 6.92 Å². The SMILES string of the molecule is C=C(C(=O)O)c1ccccc1.CC(=O)O. The quantitative estimate of drug-likeness (QED) is 0.727. The molecule has 2 N–H and O–H groups in total. The summed E-state index contributed by atoms with van der Waals surface area (Å²) >= 11 is 0. The molecule has 0 fully saturated rings. The van der Waals surface area contributed by atoms with Crippen molar-refractivity contribution in [3.63, 3.8) is 0 Å². The van der Waals surface area contributed by atoms with Gasteiger partial charge in [0.15, 0.2) is 0 Å². The Balaban J connectivity index is 0.000000423. The molecule has 4 heteroatoms. The van der Waals surface area contributed by atoms with Crippen LogP contribution in [0.1, 0.15) is 12.5 Å². The first-order chi connectivity index (χ1) is 6.95. The normalized spacial score (nSPS) is 8.33. The average molecular weight is 208 g/mol. The van der Waals surface area contributed by atoms with E-state index >= 15 is 0 Å². The zero-order chi connectivity index (χ0) is 11.8. The van der Waals surface area contributed by atoms with E-state index in [0.29, 0.717) is 5.56 Å². The Morgan fingerprint density at radius 2 is 1.53 bits per heavy atom. The zero-order valence-electron chi connectivity index (χ0n) is 8.30. The second-order valence-corrected chi connectivity index (χ2v) is 2.67. The Bertz CT molecular complexity index is 350. The maximum absolute atomic E-state index is 10.4. The van der Waals surface area contributed by atoms with Crippen molar-refractivity contribution in [3.05, 3.63) is 42.5 Å². The highest BCUT2D eigenvalue weighted by Crippen LogP contribution is 2.10. The lowest BCUT2D eigenvalue weighted by molar-refractivity contribution is -0.134. The molecule has 0 bridgehead atoms. The number of rotatable bonds is 2. The van der Waals surface area contributed by atoms with Crippen LogP contribution in [-0.2, 0) is 9.59 Å². The number of carboxylic acid groups (broad SMARTS) is 2. The van der Waals surface area contributed by atoms with Gasteiger partial charge < -0.3 is 10.2 Å². The van der Waals surface area contributed by atoms with Gasteiger partial charge in [-0.3, -0.25) is 4.79 Å². The number of carbonyl (C=O) groups is 2. The van der Waals surface area contributed by atoms with Gasteiger partial charge >= 0.3 is 5.97 Å². The van der Waals surface area contributed by atoms with Crippen LogP contribution < -0.4 is 0 Å². The maximum atomic E-state index is 10.4. The van der Waals surface area contributed by atoms with Gasteiger partial charge in [-0.25, -0.2) is 4.79 Å². The first-order valence-corrected chi connectivity index (χ1v) is 4.12. The molecule has 4 nitrogen and oxygen atoms in total. The van der Waals surface area contributed by atoms with Gasteiger partial charge in [-0.05, 0) is 5.56 Å². The summed E-state index contributed by atoms with van der Waals surface area (Å²) < 4.78 is 0. The van der Waals surface area contributed by atoms with Crippen LogP contribution >= 0.6 is 0 Å². The fourth-order valence-electron chi connectivity index (χ4n) is 0.763. The fourth-order valence-corrected chi connectivity index (χ4v) is 0.763. The van der Waals surface area contributed by atoms with Crippen molar-refractivity contribution in [2.75, 3.05) is 0 Å². The summed E-state index contributed by atoms with van der Waals surface area (Å²) in [6.45, 7) is 4.51. The minimum atomic E-state index is -0.976. The molecule has 1 rings (SSSR count). The van der Waals surface area contributed by atoms with E-state index in [-0.39, 0.29) is 5.57 Å². The van der Waals surface area contributed by atoms with Gasteiger partial charge in [-0.1, -0.05) is 36.9 Å². The third-order valence-corrected chi connectivity index (χ3v) is 1.38. The molecule has 0 saturated heterocycles. The first-order valence-electron chi connectivity index (χ1n) is 4.12. The molecule has 1 aromatic carbocycles. The number of hydrogen-bond donors (Lipinski definition) is 2. The topological polar surface area (TPSA) is 74.6 Å². The van der Waals surface area contributed by atoms with Crippen molar-refractivity contribution in [1.82, 2.24) is 0 Å². The molecule has 0 unspecified atom stereocenters. The highest BCUT2D eigenvalue weighted by Gasteiger charge is 2.04. The monoisotopic (exact) mass is 208 g/mol. The minimum Gasteiger partial charge on any atom is -0.481 e. The van der Waals surface area contributed by atoms with Gasteiger partial charge in [0.05, 0.1) is 5.57 Å². The van der Waals surface area contributed by atoms with Gasteiger partial charge in [0.2, 0.25) is 0 Å². The Morgan fingerprint density at radius 3 is 1.87 bits per heavy atom. The van der Waals surface area contributed by atoms with Crippen LogP contribution in [0.2, 0.25) is 0 Å². The summed E-state index contributed by atoms with van der Waals surface area (Å²) in [5.41, 5.74) is 0.783. The van der Waals surface area contributed by atoms with Crippen molar-refractivity contribution in [3.8, 4) is 0 Å². The van der Waals surface area contributed by atoms with Gasteiger partial charge in [0.25, 0.3) is 5.97 Å². The summed E-state index contributed by atoms with van der Waals surface area (Å²) in [5.74, 6) is -1.81. The van der Waals surface area contributed by atoms with E-state index in [9.17, 15) is 4.79 Å². The molecule has 0 amide bonds. The highest BCUT2D eigenvalue weighted by atomic mass is 16.4. The zero-order valence-corrected chi connectivity index (χ0v) is 8.30. The van der Waals surface area contributed by atoms with Crippen molar-refractivity contribution >= 4 is 17.5 Å². The molecule has 0 heterocycles. The molecule has 0 aromatic heterocycles. The molecule has 0 spiro atoms. The summed E-state index contributed by atoms with van der Waals surface area (Å²) in [6.07, 6.45) is 0. The Kier molecular flexibility index (Phi) is 5.48. The number of carboxylic acids is 2. The Labute approximate surface area is 87.5 Å². The predicted molar refractivity (Wildman–Crippen MR) is 56.4 cm³/mol.